The summed E-state index contributed by atoms with van der Waals surface area (Å²) >= 11 is 0. The van der Waals surface area contributed by atoms with Crippen LogP contribution in [0.3, 0.4) is 0 Å². The summed E-state index contributed by atoms with van der Waals surface area (Å²) in [6, 6.07) is 8.69. The van der Waals surface area contributed by atoms with E-state index in [1.165, 1.54) is 16.3 Å². The van der Waals surface area contributed by atoms with Crippen LogP contribution >= 0.6 is 0 Å². The van der Waals surface area contributed by atoms with Gasteiger partial charge in [0.15, 0.2) is 0 Å². The van der Waals surface area contributed by atoms with E-state index in [4.69, 9.17) is 10.5 Å². The van der Waals surface area contributed by atoms with Gasteiger partial charge in [-0.25, -0.2) is 0 Å². The summed E-state index contributed by atoms with van der Waals surface area (Å²) in [6.45, 7) is 2.37. The molecule has 2 aliphatic heterocycles. The van der Waals surface area contributed by atoms with Crippen molar-refractivity contribution in [3.63, 3.8) is 0 Å². The Kier molecular flexibility index (Phi) is 4.65. The average molecular weight is 488 g/mol. The monoisotopic (exact) mass is 487 g/mol. The molecule has 0 radical (unpaired) electrons. The predicted octanol–water partition coefficient (Wildman–Crippen LogP) is 3.43. The minimum atomic E-state index is -0.923. The number of allylic oxidation sites excluding steroid dienone is 1. The molecule has 0 unspecified atom stereocenters. The molecule has 1 saturated heterocycles. The summed E-state index contributed by atoms with van der Waals surface area (Å²) in [4.78, 5) is 6.36. The van der Waals surface area contributed by atoms with Gasteiger partial charge in [-0.15, -0.1) is 0 Å². The molecule has 2 saturated carbocycles. The van der Waals surface area contributed by atoms with Crippen LogP contribution in [0.2, 0.25) is 0 Å². The highest BCUT2D eigenvalue weighted by atomic mass is 16.5. The highest BCUT2D eigenvalue weighted by Crippen LogP contribution is 2.70. The molecule has 5 aliphatic rings. The molecule has 2 aromatic rings. The lowest BCUT2D eigenvalue weighted by Gasteiger charge is -2.60. The van der Waals surface area contributed by atoms with E-state index in [2.05, 4.69) is 48.3 Å². The Hall–Kier alpha value is -2.09. The summed E-state index contributed by atoms with van der Waals surface area (Å²) in [7, 11) is 3.93. The first kappa shape index (κ1) is 23.1. The molecule has 190 valence electrons. The van der Waals surface area contributed by atoms with Crippen LogP contribution in [-0.2, 0) is 4.74 Å². The molecule has 0 amide bonds. The van der Waals surface area contributed by atoms with Crippen LogP contribution in [0.15, 0.2) is 60.0 Å². The molecule has 6 nitrogen and oxygen atoms in total. The molecular weight excluding hydrogens is 450 g/mol. The fraction of sp³-hybridized carbons (Fsp3) is 0.567. The molecule has 2 bridgehead atoms. The summed E-state index contributed by atoms with van der Waals surface area (Å²) in [5.41, 5.74) is 9.11. The van der Waals surface area contributed by atoms with Gasteiger partial charge in [0.25, 0.3) is 0 Å². The van der Waals surface area contributed by atoms with E-state index in [1.807, 2.05) is 31.4 Å². The zero-order chi connectivity index (χ0) is 25.1. The number of aromatic nitrogens is 1. The molecule has 1 aromatic carbocycles. The predicted molar refractivity (Wildman–Crippen MR) is 139 cm³/mol. The largest absolute Gasteiger partial charge is 0.388 e. The number of aliphatic hydroxyl groups is 2. The topological polar surface area (TPSA) is 91.8 Å². The van der Waals surface area contributed by atoms with Crippen LogP contribution < -0.4 is 5.73 Å². The second-order valence-electron chi connectivity index (χ2n) is 12.5. The molecule has 3 heterocycles. The third-order valence-electron chi connectivity index (χ3n) is 10.9. The van der Waals surface area contributed by atoms with E-state index in [0.717, 1.165) is 43.3 Å². The number of likely N-dealkylation sites (N-methyl/N-ethyl adjacent to an activating group) is 1. The van der Waals surface area contributed by atoms with Crippen molar-refractivity contribution in [1.82, 2.24) is 9.88 Å². The Morgan fingerprint density at radius 1 is 1.11 bits per heavy atom. The van der Waals surface area contributed by atoms with Gasteiger partial charge in [0, 0.05) is 23.8 Å². The Morgan fingerprint density at radius 2 is 1.94 bits per heavy atom. The van der Waals surface area contributed by atoms with Crippen LogP contribution in [0.1, 0.15) is 56.9 Å². The summed E-state index contributed by atoms with van der Waals surface area (Å²) in [5, 5.41) is 24.5. The number of hydrogen-bond acceptors (Lipinski definition) is 6. The standard InChI is InChI=1S/C30H37N3O3/c1-27-9-6-21-15-23-25(34)26(35)24(33(2)3)16-28(23)11-12-29(21,36-28)30(27,31)10-7-22(27)19-5-4-18-8-13-32-17-20(18)14-19/h4-6,8,13-15,17,22,24-26,34-35H,7,9-12,16,31H2,1-3H3/t22-,24+,25-,26-,27-,28-,29-,30+/m1/s1. The van der Waals surface area contributed by atoms with Crippen molar-refractivity contribution in [2.75, 3.05) is 14.1 Å². The lowest BCUT2D eigenvalue weighted by molar-refractivity contribution is -0.172. The number of rotatable bonds is 2. The van der Waals surface area contributed by atoms with Gasteiger partial charge in [-0.2, -0.15) is 0 Å². The van der Waals surface area contributed by atoms with E-state index in [1.54, 1.807) is 0 Å². The fourth-order valence-electron chi connectivity index (χ4n) is 8.84. The maximum absolute atomic E-state index is 11.2. The third kappa shape index (κ3) is 2.62. The van der Waals surface area contributed by atoms with Gasteiger partial charge < -0.3 is 25.6 Å². The fourth-order valence-corrected chi connectivity index (χ4v) is 8.84. The van der Waals surface area contributed by atoms with Crippen molar-refractivity contribution in [2.45, 2.75) is 86.4 Å². The number of aliphatic hydroxyl groups excluding tert-OH is 2. The van der Waals surface area contributed by atoms with Gasteiger partial charge in [-0.1, -0.05) is 31.2 Å². The van der Waals surface area contributed by atoms with Gasteiger partial charge in [0.1, 0.15) is 11.7 Å². The van der Waals surface area contributed by atoms with Crippen LogP contribution in [-0.4, -0.2) is 69.2 Å². The quantitative estimate of drug-likeness (QED) is 0.601. The molecule has 2 spiro atoms. The number of nitrogens with zero attached hydrogens (tertiary/aromatic N) is 2. The Bertz CT molecular complexity index is 1320. The number of benzene rings is 1. The number of fused-ring (bicyclic) bond motifs is 2. The molecule has 7 rings (SSSR count). The normalized spacial score (nSPS) is 45.2. The van der Waals surface area contributed by atoms with Crippen LogP contribution in [0.4, 0.5) is 0 Å². The molecule has 3 fully saturated rings. The van der Waals surface area contributed by atoms with Crippen molar-refractivity contribution >= 4 is 10.8 Å². The smallest absolute Gasteiger partial charge is 0.113 e. The number of pyridine rings is 1. The van der Waals surface area contributed by atoms with Crippen molar-refractivity contribution in [2.24, 2.45) is 11.1 Å². The van der Waals surface area contributed by atoms with Gasteiger partial charge in [0.2, 0.25) is 0 Å². The first-order valence-electron chi connectivity index (χ1n) is 13.4. The van der Waals surface area contributed by atoms with Gasteiger partial charge in [-0.05, 0) is 98.2 Å². The maximum Gasteiger partial charge on any atom is 0.113 e. The maximum atomic E-state index is 11.2. The lowest BCUT2D eigenvalue weighted by atomic mass is 9.53. The Balaban J connectivity index is 1.33. The zero-order valence-corrected chi connectivity index (χ0v) is 21.4. The summed E-state index contributed by atoms with van der Waals surface area (Å²) < 4.78 is 7.25. The number of hydrogen-bond donors (Lipinski definition) is 3. The van der Waals surface area contributed by atoms with Crippen molar-refractivity contribution in [3.8, 4) is 0 Å². The minimum absolute atomic E-state index is 0.156. The molecule has 3 aliphatic carbocycles. The van der Waals surface area contributed by atoms with Gasteiger partial charge in [0.05, 0.1) is 17.2 Å². The Labute approximate surface area is 212 Å². The molecule has 6 heteroatoms. The van der Waals surface area contributed by atoms with Crippen LogP contribution in [0.25, 0.3) is 10.8 Å². The Morgan fingerprint density at radius 3 is 2.75 bits per heavy atom. The molecular formula is C30H37N3O3. The molecule has 36 heavy (non-hydrogen) atoms. The molecule has 4 N–H and O–H groups in total. The second kappa shape index (κ2) is 7.27. The second-order valence-corrected chi connectivity index (χ2v) is 12.5. The number of nitrogens with two attached hydrogens (primary N) is 1. The lowest BCUT2D eigenvalue weighted by Crippen LogP contribution is -2.71. The van der Waals surface area contributed by atoms with Crippen molar-refractivity contribution in [1.29, 1.82) is 0 Å². The third-order valence-corrected chi connectivity index (χ3v) is 10.9. The molecule has 8 atom stereocenters. The summed E-state index contributed by atoms with van der Waals surface area (Å²) in [6.07, 6.45) is 11.7. The van der Waals surface area contributed by atoms with Gasteiger partial charge >= 0.3 is 0 Å². The average Bonchev–Trinajstić information content (AvgIpc) is 3.34. The van der Waals surface area contributed by atoms with E-state index in [-0.39, 0.29) is 11.5 Å². The van der Waals surface area contributed by atoms with E-state index >= 15 is 0 Å². The van der Waals surface area contributed by atoms with Crippen molar-refractivity contribution < 1.29 is 14.9 Å². The van der Waals surface area contributed by atoms with E-state index in [0.29, 0.717) is 12.3 Å². The SMILES string of the molecule is CN(C)[C@H]1C[C@@]23CC[C@@]4(O2)C(=CC[C@]2(C)[C@@H](c5ccc6ccncc6c5)CC[C@@]42N)C=C3[C@@H](O)[C@@H]1O. The van der Waals surface area contributed by atoms with Crippen LogP contribution in [0.5, 0.6) is 0 Å². The first-order valence-corrected chi connectivity index (χ1v) is 13.4. The summed E-state index contributed by atoms with van der Waals surface area (Å²) in [5.74, 6) is 0.332. The zero-order valence-electron chi connectivity index (χ0n) is 21.4. The van der Waals surface area contributed by atoms with Crippen LogP contribution in [0, 0.1) is 5.41 Å². The highest BCUT2D eigenvalue weighted by molar-refractivity contribution is 5.82. The van der Waals surface area contributed by atoms with Crippen molar-refractivity contribution in [3.05, 3.63) is 65.5 Å². The molecule has 1 aromatic heterocycles. The number of ether oxygens (including phenoxy) is 1. The van der Waals surface area contributed by atoms with E-state index < -0.39 is 28.9 Å². The van der Waals surface area contributed by atoms with E-state index in [9.17, 15) is 10.2 Å². The van der Waals surface area contributed by atoms with Gasteiger partial charge in [-0.3, -0.25) is 4.98 Å². The first-order chi connectivity index (χ1) is 17.1. The highest BCUT2D eigenvalue weighted by Gasteiger charge is 2.73. The minimum Gasteiger partial charge on any atom is -0.388 e.